The van der Waals surface area contributed by atoms with E-state index in [2.05, 4.69) is 5.32 Å². The molecule has 2 nitrogen and oxygen atoms in total. The summed E-state index contributed by atoms with van der Waals surface area (Å²) in [6, 6.07) is 13.3. The SMILES string of the molecule is Cc1cc(F)ccc1C(=O)Nc1ccccc1. The van der Waals surface area contributed by atoms with Crippen LogP contribution in [0.15, 0.2) is 48.5 Å². The van der Waals surface area contributed by atoms with Gasteiger partial charge in [-0.1, -0.05) is 18.2 Å². The van der Waals surface area contributed by atoms with Crippen molar-refractivity contribution in [3.8, 4) is 0 Å². The first-order valence-corrected chi connectivity index (χ1v) is 5.29. The minimum Gasteiger partial charge on any atom is -0.322 e. The summed E-state index contributed by atoms with van der Waals surface area (Å²) in [7, 11) is 0. The summed E-state index contributed by atoms with van der Waals surface area (Å²) < 4.78 is 12.9. The van der Waals surface area contributed by atoms with Crippen LogP contribution < -0.4 is 5.32 Å². The average molecular weight is 229 g/mol. The number of nitrogens with one attached hydrogen (secondary N) is 1. The summed E-state index contributed by atoms with van der Waals surface area (Å²) in [5.74, 6) is -0.563. The summed E-state index contributed by atoms with van der Waals surface area (Å²) in [6.07, 6.45) is 0. The first kappa shape index (κ1) is 11.3. The molecule has 2 aromatic carbocycles. The average Bonchev–Trinajstić information content (AvgIpc) is 2.30. The molecule has 0 aliphatic carbocycles. The van der Waals surface area contributed by atoms with Crippen LogP contribution in [-0.2, 0) is 0 Å². The summed E-state index contributed by atoms with van der Waals surface area (Å²) in [6.45, 7) is 1.71. The molecular weight excluding hydrogens is 217 g/mol. The van der Waals surface area contributed by atoms with E-state index >= 15 is 0 Å². The largest absolute Gasteiger partial charge is 0.322 e. The maximum atomic E-state index is 12.9. The zero-order chi connectivity index (χ0) is 12.3. The molecule has 2 aromatic rings. The minimum absolute atomic E-state index is 0.228. The van der Waals surface area contributed by atoms with Gasteiger partial charge in [-0.05, 0) is 42.8 Å². The van der Waals surface area contributed by atoms with Crippen molar-refractivity contribution < 1.29 is 9.18 Å². The van der Waals surface area contributed by atoms with Gasteiger partial charge in [0.05, 0.1) is 0 Å². The minimum atomic E-state index is -0.334. The second-order valence-corrected chi connectivity index (χ2v) is 3.78. The highest BCUT2D eigenvalue weighted by Gasteiger charge is 2.09. The summed E-state index contributed by atoms with van der Waals surface area (Å²) >= 11 is 0. The smallest absolute Gasteiger partial charge is 0.255 e. The first-order valence-electron chi connectivity index (χ1n) is 5.29. The quantitative estimate of drug-likeness (QED) is 0.840. The molecule has 17 heavy (non-hydrogen) atoms. The second-order valence-electron chi connectivity index (χ2n) is 3.78. The molecule has 0 spiro atoms. The van der Waals surface area contributed by atoms with Gasteiger partial charge in [-0.25, -0.2) is 4.39 Å². The van der Waals surface area contributed by atoms with E-state index in [1.165, 1.54) is 18.2 Å². The van der Waals surface area contributed by atoms with Gasteiger partial charge in [0.25, 0.3) is 5.91 Å². The van der Waals surface area contributed by atoms with Crippen molar-refractivity contribution in [1.29, 1.82) is 0 Å². The molecule has 0 aliphatic rings. The van der Waals surface area contributed by atoms with Crippen LogP contribution in [0, 0.1) is 12.7 Å². The van der Waals surface area contributed by atoms with Gasteiger partial charge in [-0.15, -0.1) is 0 Å². The van der Waals surface area contributed by atoms with E-state index < -0.39 is 0 Å². The molecule has 0 saturated heterocycles. The van der Waals surface area contributed by atoms with Crippen LogP contribution in [0.4, 0.5) is 10.1 Å². The summed E-state index contributed by atoms with van der Waals surface area (Å²) in [4.78, 5) is 11.9. The molecule has 0 atom stereocenters. The molecule has 0 heterocycles. The Balaban J connectivity index is 2.21. The Morgan fingerprint density at radius 2 is 1.82 bits per heavy atom. The molecule has 0 aliphatic heterocycles. The number of anilines is 1. The maximum absolute atomic E-state index is 12.9. The highest BCUT2D eigenvalue weighted by molar-refractivity contribution is 6.05. The molecule has 86 valence electrons. The number of hydrogen-bond donors (Lipinski definition) is 1. The van der Waals surface area contributed by atoms with Crippen LogP contribution in [0.1, 0.15) is 15.9 Å². The van der Waals surface area contributed by atoms with Gasteiger partial charge < -0.3 is 5.32 Å². The molecule has 0 bridgehead atoms. The normalized spacial score (nSPS) is 10.0. The number of halogens is 1. The van der Waals surface area contributed by atoms with E-state index in [1.807, 2.05) is 18.2 Å². The van der Waals surface area contributed by atoms with E-state index in [4.69, 9.17) is 0 Å². The topological polar surface area (TPSA) is 29.1 Å². The molecule has 0 radical (unpaired) electrons. The van der Waals surface area contributed by atoms with Crippen molar-refractivity contribution in [2.75, 3.05) is 5.32 Å². The lowest BCUT2D eigenvalue weighted by Gasteiger charge is -2.07. The maximum Gasteiger partial charge on any atom is 0.255 e. The first-order chi connectivity index (χ1) is 8.16. The van der Waals surface area contributed by atoms with E-state index in [0.29, 0.717) is 11.1 Å². The van der Waals surface area contributed by atoms with Crippen LogP contribution in [0.25, 0.3) is 0 Å². The van der Waals surface area contributed by atoms with Crippen LogP contribution in [-0.4, -0.2) is 5.91 Å². The van der Waals surface area contributed by atoms with Crippen molar-refractivity contribution in [2.45, 2.75) is 6.92 Å². The van der Waals surface area contributed by atoms with Crippen LogP contribution in [0.3, 0.4) is 0 Å². The third-order valence-electron chi connectivity index (χ3n) is 2.46. The van der Waals surface area contributed by atoms with Gasteiger partial charge in [-0.3, -0.25) is 4.79 Å². The van der Waals surface area contributed by atoms with Crippen LogP contribution in [0.2, 0.25) is 0 Å². The standard InChI is InChI=1S/C14H12FNO/c1-10-9-11(15)7-8-13(10)14(17)16-12-5-3-2-4-6-12/h2-9H,1H3,(H,16,17). The Labute approximate surface area is 99.1 Å². The molecule has 2 rings (SSSR count). The van der Waals surface area contributed by atoms with Crippen molar-refractivity contribution >= 4 is 11.6 Å². The van der Waals surface area contributed by atoms with Gasteiger partial charge in [0, 0.05) is 11.3 Å². The molecule has 0 fully saturated rings. The monoisotopic (exact) mass is 229 g/mol. The molecule has 0 saturated carbocycles. The van der Waals surface area contributed by atoms with Crippen molar-refractivity contribution in [3.05, 3.63) is 65.5 Å². The highest BCUT2D eigenvalue weighted by Crippen LogP contribution is 2.13. The predicted molar refractivity (Wildman–Crippen MR) is 65.5 cm³/mol. The number of rotatable bonds is 2. The number of para-hydroxylation sites is 1. The van der Waals surface area contributed by atoms with Gasteiger partial charge in [0.15, 0.2) is 0 Å². The lowest BCUT2D eigenvalue weighted by Crippen LogP contribution is -2.13. The second kappa shape index (κ2) is 4.78. The fraction of sp³-hybridized carbons (Fsp3) is 0.0714. The zero-order valence-electron chi connectivity index (χ0n) is 9.41. The lowest BCUT2D eigenvalue weighted by molar-refractivity contribution is 0.102. The molecule has 1 amide bonds. The van der Waals surface area contributed by atoms with Gasteiger partial charge in [0.2, 0.25) is 0 Å². The van der Waals surface area contributed by atoms with E-state index in [0.717, 1.165) is 5.69 Å². The number of amides is 1. The van der Waals surface area contributed by atoms with Crippen molar-refractivity contribution in [2.24, 2.45) is 0 Å². The number of hydrogen-bond acceptors (Lipinski definition) is 1. The van der Waals surface area contributed by atoms with E-state index in [-0.39, 0.29) is 11.7 Å². The number of benzene rings is 2. The third kappa shape index (κ3) is 2.69. The van der Waals surface area contributed by atoms with Crippen LogP contribution >= 0.6 is 0 Å². The van der Waals surface area contributed by atoms with Gasteiger partial charge in [-0.2, -0.15) is 0 Å². The Morgan fingerprint density at radius 3 is 2.47 bits per heavy atom. The molecule has 0 aromatic heterocycles. The summed E-state index contributed by atoms with van der Waals surface area (Å²) in [5.41, 5.74) is 1.83. The zero-order valence-corrected chi connectivity index (χ0v) is 9.41. The Morgan fingerprint density at radius 1 is 1.12 bits per heavy atom. The molecule has 3 heteroatoms. The third-order valence-corrected chi connectivity index (χ3v) is 2.46. The predicted octanol–water partition coefficient (Wildman–Crippen LogP) is 3.39. The van der Waals surface area contributed by atoms with Crippen LogP contribution in [0.5, 0.6) is 0 Å². The molecular formula is C14H12FNO. The Bertz CT molecular complexity index is 537. The molecule has 0 unspecified atom stereocenters. The van der Waals surface area contributed by atoms with Gasteiger partial charge in [0.1, 0.15) is 5.82 Å². The Kier molecular flexibility index (Phi) is 3.19. The van der Waals surface area contributed by atoms with Crippen molar-refractivity contribution in [1.82, 2.24) is 0 Å². The fourth-order valence-electron chi connectivity index (χ4n) is 1.60. The fourth-order valence-corrected chi connectivity index (χ4v) is 1.60. The Hall–Kier alpha value is -2.16. The van der Waals surface area contributed by atoms with E-state index in [9.17, 15) is 9.18 Å². The highest BCUT2D eigenvalue weighted by atomic mass is 19.1. The van der Waals surface area contributed by atoms with E-state index in [1.54, 1.807) is 19.1 Å². The number of carbonyl (C=O) groups is 1. The number of carbonyl (C=O) groups excluding carboxylic acids is 1. The van der Waals surface area contributed by atoms with Gasteiger partial charge >= 0.3 is 0 Å². The molecule has 1 N–H and O–H groups in total. The van der Waals surface area contributed by atoms with Crippen molar-refractivity contribution in [3.63, 3.8) is 0 Å². The summed E-state index contributed by atoms with van der Waals surface area (Å²) in [5, 5.41) is 2.76. The number of aryl methyl sites for hydroxylation is 1. The lowest BCUT2D eigenvalue weighted by atomic mass is 10.1.